The molecule has 1 aromatic rings. The van der Waals surface area contributed by atoms with Gasteiger partial charge >= 0.3 is 0 Å². The van der Waals surface area contributed by atoms with E-state index in [-0.39, 0.29) is 5.54 Å². The zero-order chi connectivity index (χ0) is 14.9. The van der Waals surface area contributed by atoms with E-state index in [4.69, 9.17) is 10.5 Å². The molecule has 2 N–H and O–H groups in total. The first-order valence-corrected chi connectivity index (χ1v) is 8.26. The fourth-order valence-corrected chi connectivity index (χ4v) is 4.30. The molecule has 1 fully saturated rings. The fourth-order valence-electron chi connectivity index (χ4n) is 4.30. The molecule has 21 heavy (non-hydrogen) atoms. The van der Waals surface area contributed by atoms with Gasteiger partial charge in [0.05, 0.1) is 17.8 Å². The van der Waals surface area contributed by atoms with Gasteiger partial charge in [-0.1, -0.05) is 32.4 Å². The number of ether oxygens (including phenoxy) is 1. The number of hydrogen-bond acceptors (Lipinski definition) is 3. The Bertz CT molecular complexity index is 500. The Kier molecular flexibility index (Phi) is 3.87. The Hall–Kier alpha value is -1.22. The first-order chi connectivity index (χ1) is 10.1. The van der Waals surface area contributed by atoms with E-state index in [0.29, 0.717) is 5.41 Å². The van der Waals surface area contributed by atoms with Gasteiger partial charge in [-0.3, -0.25) is 0 Å². The van der Waals surface area contributed by atoms with Crippen LogP contribution in [0.4, 0.5) is 5.69 Å². The highest BCUT2D eigenvalue weighted by Gasteiger charge is 2.44. The summed E-state index contributed by atoms with van der Waals surface area (Å²) in [5.74, 6) is 1.02. The third-order valence-corrected chi connectivity index (χ3v) is 5.20. The van der Waals surface area contributed by atoms with Crippen LogP contribution in [0.15, 0.2) is 24.3 Å². The van der Waals surface area contributed by atoms with E-state index in [1.807, 2.05) is 0 Å². The monoisotopic (exact) mass is 288 g/mol. The van der Waals surface area contributed by atoms with Crippen molar-refractivity contribution in [1.82, 2.24) is 0 Å². The van der Waals surface area contributed by atoms with E-state index < -0.39 is 0 Å². The van der Waals surface area contributed by atoms with Crippen LogP contribution in [0.5, 0.6) is 5.75 Å². The van der Waals surface area contributed by atoms with E-state index in [2.05, 4.69) is 43.0 Å². The van der Waals surface area contributed by atoms with Gasteiger partial charge in [-0.15, -0.1) is 0 Å². The van der Waals surface area contributed by atoms with Crippen LogP contribution in [-0.4, -0.2) is 25.2 Å². The summed E-state index contributed by atoms with van der Waals surface area (Å²) in [4.78, 5) is 2.57. The summed E-state index contributed by atoms with van der Waals surface area (Å²) in [5, 5.41) is 0. The number of rotatable bonds is 2. The lowest BCUT2D eigenvalue weighted by Gasteiger charge is -2.51. The molecule has 1 aromatic carbocycles. The van der Waals surface area contributed by atoms with Crippen molar-refractivity contribution in [3.8, 4) is 5.75 Å². The number of para-hydroxylation sites is 2. The topological polar surface area (TPSA) is 38.5 Å². The molecule has 1 atom stereocenters. The maximum Gasteiger partial charge on any atom is 0.142 e. The molecule has 116 valence electrons. The van der Waals surface area contributed by atoms with Gasteiger partial charge in [0, 0.05) is 13.1 Å². The summed E-state index contributed by atoms with van der Waals surface area (Å²) in [6.45, 7) is 7.35. The van der Waals surface area contributed by atoms with Gasteiger partial charge in [0.2, 0.25) is 0 Å². The summed E-state index contributed by atoms with van der Waals surface area (Å²) in [6.07, 6.45) is 6.01. The zero-order valence-electron chi connectivity index (χ0n) is 13.4. The molecule has 0 spiro atoms. The van der Waals surface area contributed by atoms with Crippen LogP contribution in [0.25, 0.3) is 0 Å². The fraction of sp³-hybridized carbons (Fsp3) is 0.667. The van der Waals surface area contributed by atoms with Crippen LogP contribution in [0.1, 0.15) is 46.0 Å². The quantitative estimate of drug-likeness (QED) is 0.904. The molecule has 0 aromatic heterocycles. The average molecular weight is 288 g/mol. The average Bonchev–Trinajstić information content (AvgIpc) is 2.68. The molecule has 0 bridgehead atoms. The second kappa shape index (κ2) is 5.53. The number of anilines is 1. The lowest BCUT2D eigenvalue weighted by molar-refractivity contribution is 0.147. The van der Waals surface area contributed by atoms with Crippen LogP contribution < -0.4 is 15.4 Å². The minimum atomic E-state index is 0.0888. The molecule has 0 saturated heterocycles. The lowest BCUT2D eigenvalue weighted by atomic mass is 9.67. The van der Waals surface area contributed by atoms with Gasteiger partial charge in [-0.25, -0.2) is 0 Å². The zero-order valence-corrected chi connectivity index (χ0v) is 13.4. The van der Waals surface area contributed by atoms with Crippen molar-refractivity contribution in [2.75, 3.05) is 24.6 Å². The summed E-state index contributed by atoms with van der Waals surface area (Å²) < 4.78 is 5.93. The molecule has 1 aliphatic heterocycles. The first-order valence-electron chi connectivity index (χ1n) is 8.26. The third kappa shape index (κ3) is 2.76. The standard InChI is InChI=1S/C18H28N2O/c1-17(2)9-5-10-18(13-17,14-19)20-11-6-12-21-16-8-4-3-7-15(16)20/h3-4,7-8H,5-6,9-14,19H2,1-2H3. The molecule has 1 unspecified atom stereocenters. The summed E-state index contributed by atoms with van der Waals surface area (Å²) in [5.41, 5.74) is 8.01. The van der Waals surface area contributed by atoms with Crippen molar-refractivity contribution < 1.29 is 4.74 Å². The van der Waals surface area contributed by atoms with Crippen molar-refractivity contribution in [2.45, 2.75) is 51.5 Å². The number of hydrogen-bond donors (Lipinski definition) is 1. The second-order valence-corrected chi connectivity index (χ2v) is 7.44. The molecule has 0 radical (unpaired) electrons. The number of benzene rings is 1. The Morgan fingerprint density at radius 1 is 1.19 bits per heavy atom. The SMILES string of the molecule is CC1(C)CCCC(CN)(N2CCCOc3ccccc32)C1. The number of nitrogens with two attached hydrogens (primary N) is 1. The highest BCUT2D eigenvalue weighted by Crippen LogP contribution is 2.47. The molecule has 3 nitrogen and oxygen atoms in total. The normalized spacial score (nSPS) is 28.4. The van der Waals surface area contributed by atoms with Crippen LogP contribution in [0.2, 0.25) is 0 Å². The van der Waals surface area contributed by atoms with Crippen molar-refractivity contribution in [3.63, 3.8) is 0 Å². The predicted octanol–water partition coefficient (Wildman–Crippen LogP) is 3.57. The molecule has 1 heterocycles. The predicted molar refractivity (Wildman–Crippen MR) is 87.9 cm³/mol. The Morgan fingerprint density at radius 3 is 2.76 bits per heavy atom. The van der Waals surface area contributed by atoms with Crippen LogP contribution in [0.3, 0.4) is 0 Å². The number of nitrogens with zero attached hydrogens (tertiary/aromatic N) is 1. The highest BCUT2D eigenvalue weighted by atomic mass is 16.5. The van der Waals surface area contributed by atoms with Gasteiger partial charge in [0.1, 0.15) is 5.75 Å². The Labute approximate surface area is 128 Å². The smallest absolute Gasteiger partial charge is 0.142 e. The van der Waals surface area contributed by atoms with Gasteiger partial charge in [0.15, 0.2) is 0 Å². The van der Waals surface area contributed by atoms with Gasteiger partial charge < -0.3 is 15.4 Å². The molecule has 3 rings (SSSR count). The van der Waals surface area contributed by atoms with Gasteiger partial charge in [-0.2, -0.15) is 0 Å². The summed E-state index contributed by atoms with van der Waals surface area (Å²) in [7, 11) is 0. The minimum Gasteiger partial charge on any atom is -0.491 e. The highest BCUT2D eigenvalue weighted by molar-refractivity contribution is 5.61. The lowest BCUT2D eigenvalue weighted by Crippen LogP contribution is -2.58. The van der Waals surface area contributed by atoms with E-state index >= 15 is 0 Å². The van der Waals surface area contributed by atoms with E-state index in [1.54, 1.807) is 0 Å². The van der Waals surface area contributed by atoms with Crippen molar-refractivity contribution in [1.29, 1.82) is 0 Å². The van der Waals surface area contributed by atoms with Gasteiger partial charge in [0.25, 0.3) is 0 Å². The first kappa shape index (κ1) is 14.7. The van der Waals surface area contributed by atoms with Crippen LogP contribution in [-0.2, 0) is 0 Å². The van der Waals surface area contributed by atoms with Crippen LogP contribution in [0, 0.1) is 5.41 Å². The van der Waals surface area contributed by atoms with Crippen molar-refractivity contribution in [3.05, 3.63) is 24.3 Å². The molecule has 2 aliphatic rings. The van der Waals surface area contributed by atoms with Crippen molar-refractivity contribution in [2.24, 2.45) is 11.1 Å². The molecule has 0 amide bonds. The second-order valence-electron chi connectivity index (χ2n) is 7.44. The molecular weight excluding hydrogens is 260 g/mol. The molecule has 1 saturated carbocycles. The largest absolute Gasteiger partial charge is 0.491 e. The maximum absolute atomic E-state index is 6.32. The molecule has 3 heteroatoms. The van der Waals surface area contributed by atoms with Crippen LogP contribution >= 0.6 is 0 Å². The summed E-state index contributed by atoms with van der Waals surface area (Å²) in [6, 6.07) is 8.45. The van der Waals surface area contributed by atoms with E-state index in [1.165, 1.54) is 31.4 Å². The Morgan fingerprint density at radius 2 is 2.00 bits per heavy atom. The minimum absolute atomic E-state index is 0.0888. The maximum atomic E-state index is 6.32. The van der Waals surface area contributed by atoms with E-state index in [9.17, 15) is 0 Å². The van der Waals surface area contributed by atoms with E-state index in [0.717, 1.165) is 31.9 Å². The van der Waals surface area contributed by atoms with Crippen molar-refractivity contribution >= 4 is 5.69 Å². The Balaban J connectivity index is 2.00. The summed E-state index contributed by atoms with van der Waals surface area (Å²) >= 11 is 0. The third-order valence-electron chi connectivity index (χ3n) is 5.20. The molecular formula is C18H28N2O. The molecule has 1 aliphatic carbocycles. The number of fused-ring (bicyclic) bond motifs is 1. The van der Waals surface area contributed by atoms with Gasteiger partial charge in [-0.05, 0) is 43.2 Å².